The average molecular weight is 265 g/mol. The molecule has 1 aromatic rings. The second kappa shape index (κ2) is 6.27. The topological polar surface area (TPSA) is 78.5 Å². The van der Waals surface area contributed by atoms with Crippen molar-refractivity contribution >= 4 is 5.82 Å². The number of aryl methyl sites for hydroxylation is 1. The fourth-order valence-corrected chi connectivity index (χ4v) is 2.47. The molecule has 0 aliphatic carbocycles. The van der Waals surface area contributed by atoms with Gasteiger partial charge in [-0.3, -0.25) is 4.90 Å². The van der Waals surface area contributed by atoms with Crippen molar-refractivity contribution in [2.75, 3.05) is 44.2 Å². The second-order valence-corrected chi connectivity index (χ2v) is 4.97. The molecule has 2 heterocycles. The summed E-state index contributed by atoms with van der Waals surface area (Å²) in [6.07, 6.45) is 0. The van der Waals surface area contributed by atoms with Gasteiger partial charge in [0.15, 0.2) is 5.82 Å². The highest BCUT2D eigenvalue weighted by atomic mass is 16.3. The van der Waals surface area contributed by atoms with Gasteiger partial charge in [0.05, 0.1) is 12.3 Å². The van der Waals surface area contributed by atoms with E-state index in [1.54, 1.807) is 0 Å². The average Bonchev–Trinajstić information content (AvgIpc) is 2.43. The third-order valence-corrected chi connectivity index (χ3v) is 3.85. The maximum Gasteiger partial charge on any atom is 0.156 e. The Balaban J connectivity index is 2.13. The number of rotatable bonds is 4. The van der Waals surface area contributed by atoms with Crippen LogP contribution >= 0.6 is 0 Å². The number of hydrogen-bond donors (Lipinski definition) is 2. The number of anilines is 1. The quantitative estimate of drug-likeness (QED) is 0.776. The molecule has 0 bridgehead atoms. The molecule has 3 N–H and O–H groups in total. The minimum Gasteiger partial charge on any atom is -0.395 e. The van der Waals surface area contributed by atoms with Gasteiger partial charge in [0, 0.05) is 44.8 Å². The third kappa shape index (κ3) is 3.02. The second-order valence-electron chi connectivity index (χ2n) is 4.97. The number of nitrogens with two attached hydrogens (primary N) is 1. The Morgan fingerprint density at radius 1 is 1.16 bits per heavy atom. The third-order valence-electron chi connectivity index (χ3n) is 3.85. The lowest BCUT2D eigenvalue weighted by atomic mass is 10.1. The van der Waals surface area contributed by atoms with Crippen LogP contribution in [0.5, 0.6) is 0 Å². The van der Waals surface area contributed by atoms with E-state index in [1.165, 1.54) is 0 Å². The van der Waals surface area contributed by atoms with Gasteiger partial charge in [-0.2, -0.15) is 5.10 Å². The minimum absolute atomic E-state index is 0.220. The smallest absolute Gasteiger partial charge is 0.156 e. The standard InChI is InChI=1S/C13H23N5O/c1-10-11(2)15-16-13(12(10)9-14)18-5-3-17(4-6-18)7-8-19/h19H,3-9,14H2,1-2H3. The van der Waals surface area contributed by atoms with Crippen LogP contribution in [0.15, 0.2) is 0 Å². The van der Waals surface area contributed by atoms with Crippen LogP contribution in [0, 0.1) is 13.8 Å². The van der Waals surface area contributed by atoms with Crippen molar-refractivity contribution in [1.82, 2.24) is 15.1 Å². The van der Waals surface area contributed by atoms with E-state index < -0.39 is 0 Å². The molecule has 2 rings (SSSR count). The maximum absolute atomic E-state index is 8.96. The highest BCUT2D eigenvalue weighted by Crippen LogP contribution is 2.22. The SMILES string of the molecule is Cc1nnc(N2CCN(CCO)CC2)c(CN)c1C. The molecule has 0 spiro atoms. The Hall–Kier alpha value is -1.24. The van der Waals surface area contributed by atoms with Crippen LogP contribution in [-0.2, 0) is 6.54 Å². The van der Waals surface area contributed by atoms with Crippen LogP contribution in [0.1, 0.15) is 16.8 Å². The first kappa shape index (κ1) is 14.2. The first-order valence-corrected chi connectivity index (χ1v) is 6.78. The summed E-state index contributed by atoms with van der Waals surface area (Å²) in [5.74, 6) is 0.925. The molecule has 6 nitrogen and oxygen atoms in total. The van der Waals surface area contributed by atoms with E-state index in [9.17, 15) is 0 Å². The summed E-state index contributed by atoms with van der Waals surface area (Å²) < 4.78 is 0. The molecule has 0 unspecified atom stereocenters. The van der Waals surface area contributed by atoms with E-state index in [0.29, 0.717) is 6.54 Å². The largest absolute Gasteiger partial charge is 0.395 e. The lowest BCUT2D eigenvalue weighted by Crippen LogP contribution is -2.48. The van der Waals surface area contributed by atoms with Gasteiger partial charge in [-0.25, -0.2) is 0 Å². The zero-order chi connectivity index (χ0) is 13.8. The molecule has 106 valence electrons. The van der Waals surface area contributed by atoms with E-state index >= 15 is 0 Å². The van der Waals surface area contributed by atoms with Gasteiger partial charge in [0.1, 0.15) is 0 Å². The highest BCUT2D eigenvalue weighted by Gasteiger charge is 2.21. The molecule has 6 heteroatoms. The number of hydrogen-bond acceptors (Lipinski definition) is 6. The number of β-amino-alcohol motifs (C(OH)–C–C–N with tert-alkyl or cyclic N) is 1. The molecule has 1 saturated heterocycles. The molecule has 19 heavy (non-hydrogen) atoms. The Kier molecular flexibility index (Phi) is 4.68. The first-order chi connectivity index (χ1) is 9.17. The van der Waals surface area contributed by atoms with Crippen LogP contribution in [-0.4, -0.2) is 59.5 Å². The van der Waals surface area contributed by atoms with Gasteiger partial charge in [0.25, 0.3) is 0 Å². The Morgan fingerprint density at radius 3 is 2.42 bits per heavy atom. The van der Waals surface area contributed by atoms with Crippen molar-refractivity contribution in [2.24, 2.45) is 5.73 Å². The summed E-state index contributed by atoms with van der Waals surface area (Å²) in [6.45, 7) is 9.18. The zero-order valence-electron chi connectivity index (χ0n) is 11.8. The summed E-state index contributed by atoms with van der Waals surface area (Å²) in [4.78, 5) is 4.50. The van der Waals surface area contributed by atoms with Gasteiger partial charge in [-0.05, 0) is 19.4 Å². The van der Waals surface area contributed by atoms with Crippen molar-refractivity contribution in [2.45, 2.75) is 20.4 Å². The van der Waals surface area contributed by atoms with Crippen LogP contribution < -0.4 is 10.6 Å². The van der Waals surface area contributed by atoms with Crippen LogP contribution in [0.3, 0.4) is 0 Å². The van der Waals surface area contributed by atoms with Crippen LogP contribution in [0.25, 0.3) is 0 Å². The normalized spacial score (nSPS) is 16.9. The Morgan fingerprint density at radius 2 is 1.84 bits per heavy atom. The van der Waals surface area contributed by atoms with Crippen molar-refractivity contribution < 1.29 is 5.11 Å². The monoisotopic (exact) mass is 265 g/mol. The maximum atomic E-state index is 8.96. The number of aliphatic hydroxyl groups is 1. The fourth-order valence-electron chi connectivity index (χ4n) is 2.47. The van der Waals surface area contributed by atoms with Crippen molar-refractivity contribution in [3.63, 3.8) is 0 Å². The summed E-state index contributed by atoms with van der Waals surface area (Å²) in [5, 5.41) is 17.5. The van der Waals surface area contributed by atoms with Gasteiger partial charge in [0.2, 0.25) is 0 Å². The number of piperazine rings is 1. The molecular formula is C13H23N5O. The lowest BCUT2D eigenvalue weighted by molar-refractivity contribution is 0.188. The van der Waals surface area contributed by atoms with E-state index in [4.69, 9.17) is 10.8 Å². The van der Waals surface area contributed by atoms with Crippen molar-refractivity contribution in [1.29, 1.82) is 0 Å². The van der Waals surface area contributed by atoms with Gasteiger partial charge in [-0.1, -0.05) is 0 Å². The lowest BCUT2D eigenvalue weighted by Gasteiger charge is -2.35. The van der Waals surface area contributed by atoms with E-state index in [0.717, 1.165) is 55.4 Å². The molecule has 0 amide bonds. The zero-order valence-corrected chi connectivity index (χ0v) is 11.8. The molecule has 0 radical (unpaired) electrons. The summed E-state index contributed by atoms with van der Waals surface area (Å²) in [7, 11) is 0. The van der Waals surface area contributed by atoms with Crippen molar-refractivity contribution in [3.8, 4) is 0 Å². The van der Waals surface area contributed by atoms with Gasteiger partial charge >= 0.3 is 0 Å². The summed E-state index contributed by atoms with van der Waals surface area (Å²) in [6, 6.07) is 0. The number of aliphatic hydroxyl groups excluding tert-OH is 1. The molecule has 1 aromatic heterocycles. The van der Waals surface area contributed by atoms with Crippen LogP contribution in [0.4, 0.5) is 5.82 Å². The molecule has 0 atom stereocenters. The molecule has 1 aliphatic rings. The van der Waals surface area contributed by atoms with E-state index in [1.807, 2.05) is 6.92 Å². The highest BCUT2D eigenvalue weighted by molar-refractivity contribution is 5.51. The molecule has 0 aromatic carbocycles. The van der Waals surface area contributed by atoms with Gasteiger partial charge < -0.3 is 15.7 Å². The van der Waals surface area contributed by atoms with E-state index in [-0.39, 0.29) is 6.61 Å². The fraction of sp³-hybridized carbons (Fsp3) is 0.692. The number of nitrogens with zero attached hydrogens (tertiary/aromatic N) is 4. The number of aromatic nitrogens is 2. The predicted molar refractivity (Wildman–Crippen MR) is 75.1 cm³/mol. The van der Waals surface area contributed by atoms with Gasteiger partial charge in [-0.15, -0.1) is 5.10 Å². The van der Waals surface area contributed by atoms with E-state index in [2.05, 4.69) is 26.9 Å². The predicted octanol–water partition coefficient (Wildman–Crippen LogP) is -0.334. The molecule has 0 saturated carbocycles. The Labute approximate surface area is 114 Å². The molecule has 1 fully saturated rings. The Bertz CT molecular complexity index is 429. The van der Waals surface area contributed by atoms with Crippen LogP contribution in [0.2, 0.25) is 0 Å². The summed E-state index contributed by atoms with van der Waals surface area (Å²) >= 11 is 0. The molecule has 1 aliphatic heterocycles. The molecular weight excluding hydrogens is 242 g/mol. The van der Waals surface area contributed by atoms with Crippen molar-refractivity contribution in [3.05, 3.63) is 16.8 Å². The summed E-state index contributed by atoms with van der Waals surface area (Å²) in [5.41, 5.74) is 9.06. The first-order valence-electron chi connectivity index (χ1n) is 6.78. The minimum atomic E-state index is 0.220.